The number of hydrogen-bond donors (Lipinski definition) is 1. The topological polar surface area (TPSA) is 55.4 Å². The monoisotopic (exact) mass is 379 g/mol. The Morgan fingerprint density at radius 3 is 2.65 bits per heavy atom. The normalized spacial score (nSPS) is 10.2. The lowest BCUT2D eigenvalue weighted by Gasteiger charge is -2.08. The van der Waals surface area contributed by atoms with Gasteiger partial charge >= 0.3 is 5.97 Å². The van der Waals surface area contributed by atoms with E-state index in [1.807, 2.05) is 13.0 Å². The van der Waals surface area contributed by atoms with Crippen molar-refractivity contribution in [2.75, 3.05) is 11.9 Å². The van der Waals surface area contributed by atoms with Crippen molar-refractivity contribution >= 4 is 33.5 Å². The van der Waals surface area contributed by atoms with Crippen LogP contribution in [0.3, 0.4) is 0 Å². The van der Waals surface area contributed by atoms with Crippen LogP contribution in [0.4, 0.5) is 10.1 Å². The van der Waals surface area contributed by atoms with Crippen LogP contribution in [-0.4, -0.2) is 18.5 Å². The lowest BCUT2D eigenvalue weighted by atomic mass is 10.1. The van der Waals surface area contributed by atoms with Gasteiger partial charge in [-0.15, -0.1) is 0 Å². The molecule has 120 valence electrons. The number of hydrogen-bond acceptors (Lipinski definition) is 3. The minimum Gasteiger partial charge on any atom is -0.455 e. The molecule has 0 spiro atoms. The van der Waals surface area contributed by atoms with Crippen LogP contribution in [0, 0.1) is 12.7 Å². The maximum absolute atomic E-state index is 13.4. The molecule has 4 nitrogen and oxygen atoms in total. The molecule has 0 aromatic heterocycles. The maximum atomic E-state index is 13.4. The van der Waals surface area contributed by atoms with Gasteiger partial charge in [0.05, 0.1) is 6.42 Å². The number of esters is 1. The van der Waals surface area contributed by atoms with Gasteiger partial charge in [-0.2, -0.15) is 0 Å². The van der Waals surface area contributed by atoms with Gasteiger partial charge in [-0.25, -0.2) is 4.39 Å². The SMILES string of the molecule is Cc1cc(NC(=O)COC(=O)Cc2ccccc2F)ccc1Br. The maximum Gasteiger partial charge on any atom is 0.310 e. The number of carbonyl (C=O) groups is 2. The van der Waals surface area contributed by atoms with Crippen molar-refractivity contribution in [2.24, 2.45) is 0 Å². The van der Waals surface area contributed by atoms with E-state index < -0.39 is 24.3 Å². The Bertz CT molecular complexity index is 734. The predicted octanol–water partition coefficient (Wildman–Crippen LogP) is 3.62. The van der Waals surface area contributed by atoms with Gasteiger partial charge in [-0.3, -0.25) is 9.59 Å². The highest BCUT2D eigenvalue weighted by molar-refractivity contribution is 9.10. The fourth-order valence-electron chi connectivity index (χ4n) is 1.91. The van der Waals surface area contributed by atoms with Crippen molar-refractivity contribution in [3.05, 3.63) is 63.9 Å². The summed E-state index contributed by atoms with van der Waals surface area (Å²) in [7, 11) is 0. The van der Waals surface area contributed by atoms with Crippen molar-refractivity contribution in [3.63, 3.8) is 0 Å². The summed E-state index contributed by atoms with van der Waals surface area (Å²) in [5.74, 6) is -1.58. The van der Waals surface area contributed by atoms with E-state index in [1.165, 1.54) is 18.2 Å². The average molecular weight is 380 g/mol. The molecule has 0 unspecified atom stereocenters. The van der Waals surface area contributed by atoms with Crippen LogP contribution in [0.1, 0.15) is 11.1 Å². The van der Waals surface area contributed by atoms with Crippen LogP contribution in [0.5, 0.6) is 0 Å². The quantitative estimate of drug-likeness (QED) is 0.807. The molecule has 1 N–H and O–H groups in total. The number of amides is 1. The minimum absolute atomic E-state index is 0.211. The Kier molecular flexibility index (Phi) is 5.87. The van der Waals surface area contributed by atoms with Gasteiger partial charge in [0.2, 0.25) is 0 Å². The molecule has 0 fully saturated rings. The number of rotatable bonds is 5. The van der Waals surface area contributed by atoms with Crippen LogP contribution in [0.15, 0.2) is 46.9 Å². The molecule has 0 saturated heterocycles. The number of aryl methyl sites for hydroxylation is 1. The summed E-state index contributed by atoms with van der Waals surface area (Å²) >= 11 is 3.37. The molecular formula is C17H15BrFNO3. The van der Waals surface area contributed by atoms with Gasteiger partial charge in [-0.05, 0) is 42.3 Å². The van der Waals surface area contributed by atoms with E-state index in [0.29, 0.717) is 5.69 Å². The zero-order chi connectivity index (χ0) is 16.8. The first-order valence-corrected chi connectivity index (χ1v) is 7.70. The van der Waals surface area contributed by atoms with Gasteiger partial charge in [0.15, 0.2) is 6.61 Å². The first-order valence-electron chi connectivity index (χ1n) is 6.91. The van der Waals surface area contributed by atoms with Crippen LogP contribution in [0.25, 0.3) is 0 Å². The zero-order valence-corrected chi connectivity index (χ0v) is 14.0. The smallest absolute Gasteiger partial charge is 0.310 e. The molecule has 0 saturated carbocycles. The fourth-order valence-corrected chi connectivity index (χ4v) is 2.16. The van der Waals surface area contributed by atoms with Crippen molar-refractivity contribution in [1.29, 1.82) is 0 Å². The Balaban J connectivity index is 1.83. The van der Waals surface area contributed by atoms with E-state index >= 15 is 0 Å². The van der Waals surface area contributed by atoms with Crippen molar-refractivity contribution < 1.29 is 18.7 Å². The van der Waals surface area contributed by atoms with E-state index in [0.717, 1.165) is 10.0 Å². The molecule has 0 atom stereocenters. The second-order valence-electron chi connectivity index (χ2n) is 4.94. The third-order valence-electron chi connectivity index (χ3n) is 3.10. The molecule has 0 radical (unpaired) electrons. The first-order chi connectivity index (χ1) is 11.0. The Labute approximate surface area is 141 Å². The van der Waals surface area contributed by atoms with Gasteiger partial charge in [0, 0.05) is 10.2 Å². The molecule has 2 rings (SSSR count). The number of carbonyl (C=O) groups excluding carboxylic acids is 2. The number of benzene rings is 2. The summed E-state index contributed by atoms with van der Waals surface area (Å²) in [5.41, 5.74) is 1.82. The third-order valence-corrected chi connectivity index (χ3v) is 3.99. The van der Waals surface area contributed by atoms with Gasteiger partial charge in [-0.1, -0.05) is 34.1 Å². The van der Waals surface area contributed by atoms with Crippen LogP contribution >= 0.6 is 15.9 Å². The Morgan fingerprint density at radius 1 is 1.22 bits per heavy atom. The number of nitrogens with one attached hydrogen (secondary N) is 1. The molecule has 0 aliphatic heterocycles. The standard InChI is InChI=1S/C17H15BrFNO3/c1-11-8-13(6-7-14(11)18)20-16(21)10-23-17(22)9-12-4-2-3-5-15(12)19/h2-8H,9-10H2,1H3,(H,20,21). The number of ether oxygens (including phenoxy) is 1. The van der Waals surface area contributed by atoms with Gasteiger partial charge in [0.25, 0.3) is 5.91 Å². The summed E-state index contributed by atoms with van der Waals surface area (Å²) in [4.78, 5) is 23.4. The predicted molar refractivity (Wildman–Crippen MR) is 88.6 cm³/mol. The zero-order valence-electron chi connectivity index (χ0n) is 12.4. The summed E-state index contributed by atoms with van der Waals surface area (Å²) in [6.45, 7) is 1.48. The highest BCUT2D eigenvalue weighted by atomic mass is 79.9. The molecule has 0 bridgehead atoms. The van der Waals surface area contributed by atoms with Crippen LogP contribution in [0.2, 0.25) is 0 Å². The fraction of sp³-hybridized carbons (Fsp3) is 0.176. The summed E-state index contributed by atoms with van der Waals surface area (Å²) < 4.78 is 19.2. The van der Waals surface area contributed by atoms with Crippen molar-refractivity contribution in [1.82, 2.24) is 0 Å². The van der Waals surface area contributed by atoms with Gasteiger partial charge in [0.1, 0.15) is 5.82 Å². The Hall–Kier alpha value is -2.21. The number of halogens is 2. The van der Waals surface area contributed by atoms with Crippen LogP contribution < -0.4 is 5.32 Å². The highest BCUT2D eigenvalue weighted by Crippen LogP contribution is 2.19. The molecule has 2 aromatic carbocycles. The Morgan fingerprint density at radius 2 is 1.96 bits per heavy atom. The molecule has 0 heterocycles. The van der Waals surface area contributed by atoms with Gasteiger partial charge < -0.3 is 10.1 Å². The molecule has 1 amide bonds. The molecule has 0 aliphatic carbocycles. The first kappa shape index (κ1) is 17.1. The van der Waals surface area contributed by atoms with E-state index in [-0.39, 0.29) is 12.0 Å². The molecule has 6 heteroatoms. The van der Waals surface area contributed by atoms with E-state index in [4.69, 9.17) is 4.74 Å². The average Bonchev–Trinajstić information content (AvgIpc) is 2.51. The number of anilines is 1. The summed E-state index contributed by atoms with van der Waals surface area (Å²) in [6.07, 6.45) is -0.211. The molecule has 2 aromatic rings. The van der Waals surface area contributed by atoms with Crippen molar-refractivity contribution in [3.8, 4) is 0 Å². The summed E-state index contributed by atoms with van der Waals surface area (Å²) in [6, 6.07) is 11.3. The lowest BCUT2D eigenvalue weighted by molar-refractivity contribution is -0.146. The second-order valence-corrected chi connectivity index (χ2v) is 5.80. The lowest BCUT2D eigenvalue weighted by Crippen LogP contribution is -2.21. The third kappa shape index (κ3) is 5.17. The highest BCUT2D eigenvalue weighted by Gasteiger charge is 2.11. The molecule has 0 aliphatic rings. The van der Waals surface area contributed by atoms with Crippen LogP contribution in [-0.2, 0) is 20.7 Å². The molecule has 23 heavy (non-hydrogen) atoms. The van der Waals surface area contributed by atoms with E-state index in [1.54, 1.807) is 18.2 Å². The van der Waals surface area contributed by atoms with E-state index in [9.17, 15) is 14.0 Å². The second kappa shape index (κ2) is 7.87. The van der Waals surface area contributed by atoms with Crippen molar-refractivity contribution in [2.45, 2.75) is 13.3 Å². The summed E-state index contributed by atoms with van der Waals surface area (Å²) in [5, 5.41) is 2.63. The largest absolute Gasteiger partial charge is 0.455 e. The minimum atomic E-state index is -0.655. The van der Waals surface area contributed by atoms with E-state index in [2.05, 4.69) is 21.2 Å². The molecular weight excluding hydrogens is 365 g/mol.